The zero-order valence-corrected chi connectivity index (χ0v) is 22.1. The molecule has 0 bridgehead atoms. The van der Waals surface area contributed by atoms with Crippen molar-refractivity contribution in [2.24, 2.45) is 0 Å². The Balaban J connectivity index is 1.47. The van der Waals surface area contributed by atoms with Gasteiger partial charge in [-0.1, -0.05) is 78.9 Å². The molecule has 0 atom stereocenters. The third-order valence-electron chi connectivity index (χ3n) is 6.98. The van der Waals surface area contributed by atoms with Crippen LogP contribution in [0.4, 0.5) is 5.69 Å². The third-order valence-corrected chi connectivity index (χ3v) is 6.98. The van der Waals surface area contributed by atoms with Crippen LogP contribution in [0.5, 0.6) is 0 Å². The number of nitrogens with one attached hydrogen (secondary N) is 1. The van der Waals surface area contributed by atoms with Crippen molar-refractivity contribution >= 4 is 44.8 Å². The molecule has 1 aromatic heterocycles. The zero-order valence-electron chi connectivity index (χ0n) is 22.1. The van der Waals surface area contributed by atoms with Crippen molar-refractivity contribution in [3.63, 3.8) is 0 Å². The Hall–Kier alpha value is -4.77. The first-order chi connectivity index (χ1) is 19.0. The predicted molar refractivity (Wildman–Crippen MR) is 158 cm³/mol. The fourth-order valence-electron chi connectivity index (χ4n) is 4.94. The number of aromatic nitrogens is 1. The largest absolute Gasteiger partial charge is 0.469 e. The van der Waals surface area contributed by atoms with Gasteiger partial charge in [0.05, 0.1) is 18.3 Å². The molecule has 0 radical (unpaired) electrons. The average molecular weight is 515 g/mol. The molecule has 1 N–H and O–H groups in total. The van der Waals surface area contributed by atoms with E-state index in [-0.39, 0.29) is 18.3 Å². The quantitative estimate of drug-likeness (QED) is 0.217. The van der Waals surface area contributed by atoms with Gasteiger partial charge in [-0.25, -0.2) is 0 Å². The topological polar surface area (TPSA) is 68.3 Å². The lowest BCUT2D eigenvalue weighted by Gasteiger charge is -2.14. The van der Waals surface area contributed by atoms with Crippen molar-refractivity contribution in [1.29, 1.82) is 0 Å². The minimum absolute atomic E-state index is 0.170. The first-order valence-electron chi connectivity index (χ1n) is 13.0. The lowest BCUT2D eigenvalue weighted by Crippen LogP contribution is -2.16. The fraction of sp³-hybridized carbons (Fsp3) is 0.147. The number of esters is 1. The average Bonchev–Trinajstić information content (AvgIpc) is 2.97. The molecular weight excluding hydrogens is 484 g/mol. The van der Waals surface area contributed by atoms with Gasteiger partial charge in [0.1, 0.15) is 0 Å². The molecule has 39 heavy (non-hydrogen) atoms. The van der Waals surface area contributed by atoms with E-state index in [1.165, 1.54) is 7.11 Å². The number of amides is 1. The van der Waals surface area contributed by atoms with Crippen molar-refractivity contribution in [1.82, 2.24) is 4.98 Å². The van der Waals surface area contributed by atoms with E-state index in [4.69, 9.17) is 4.74 Å². The summed E-state index contributed by atoms with van der Waals surface area (Å²) in [7, 11) is 1.41. The molecule has 5 heteroatoms. The molecule has 0 unspecified atom stereocenters. The van der Waals surface area contributed by atoms with Crippen LogP contribution in [0.1, 0.15) is 39.9 Å². The second kappa shape index (κ2) is 11.7. The Bertz CT molecular complexity index is 1700. The summed E-state index contributed by atoms with van der Waals surface area (Å²) < 4.78 is 4.90. The van der Waals surface area contributed by atoms with Gasteiger partial charge in [0.15, 0.2) is 0 Å². The van der Waals surface area contributed by atoms with Crippen LogP contribution < -0.4 is 5.32 Å². The summed E-state index contributed by atoms with van der Waals surface area (Å²) in [6.45, 7) is 1.95. The van der Waals surface area contributed by atoms with Gasteiger partial charge in [0.2, 0.25) is 0 Å². The molecule has 4 aromatic carbocycles. The van der Waals surface area contributed by atoms with Gasteiger partial charge in [-0.05, 0) is 71.0 Å². The van der Waals surface area contributed by atoms with Crippen LogP contribution in [-0.4, -0.2) is 24.0 Å². The summed E-state index contributed by atoms with van der Waals surface area (Å²) in [5.41, 5.74) is 5.98. The van der Waals surface area contributed by atoms with E-state index < -0.39 is 0 Å². The van der Waals surface area contributed by atoms with Crippen LogP contribution in [0.15, 0.2) is 103 Å². The number of para-hydroxylation sites is 1. The first-order valence-corrected chi connectivity index (χ1v) is 13.0. The Morgan fingerprint density at radius 1 is 0.846 bits per heavy atom. The number of carbonyl (C=O) groups excluding carboxylic acids is 2. The molecule has 0 saturated heterocycles. The Morgan fingerprint density at radius 3 is 2.46 bits per heavy atom. The van der Waals surface area contributed by atoms with Gasteiger partial charge >= 0.3 is 5.97 Å². The number of allylic oxidation sites excluding steroid dienone is 2. The summed E-state index contributed by atoms with van der Waals surface area (Å²) in [5, 5.41) is 6.35. The second-order valence-electron chi connectivity index (χ2n) is 9.52. The molecule has 0 fully saturated rings. The van der Waals surface area contributed by atoms with Gasteiger partial charge in [-0.3, -0.25) is 14.6 Å². The lowest BCUT2D eigenvalue weighted by molar-refractivity contribution is -0.140. The maximum absolute atomic E-state index is 13.6. The lowest BCUT2D eigenvalue weighted by atomic mass is 9.94. The Kier molecular flexibility index (Phi) is 7.78. The second-order valence-corrected chi connectivity index (χ2v) is 9.52. The van der Waals surface area contributed by atoms with Gasteiger partial charge in [0.25, 0.3) is 5.91 Å². The monoisotopic (exact) mass is 514 g/mol. The van der Waals surface area contributed by atoms with Crippen LogP contribution in [-0.2, 0) is 16.0 Å². The number of carbonyl (C=O) groups is 2. The van der Waals surface area contributed by atoms with Gasteiger partial charge in [-0.15, -0.1) is 0 Å². The number of anilines is 1. The van der Waals surface area contributed by atoms with Crippen LogP contribution >= 0.6 is 0 Å². The third kappa shape index (κ3) is 5.88. The van der Waals surface area contributed by atoms with Crippen LogP contribution in [0.25, 0.3) is 27.2 Å². The molecule has 5 nitrogen and oxygen atoms in total. The zero-order chi connectivity index (χ0) is 27.2. The van der Waals surface area contributed by atoms with Crippen molar-refractivity contribution in [3.8, 4) is 0 Å². The van der Waals surface area contributed by atoms with Crippen molar-refractivity contribution in [2.75, 3.05) is 12.4 Å². The van der Waals surface area contributed by atoms with Gasteiger partial charge < -0.3 is 10.1 Å². The number of pyridine rings is 1. The van der Waals surface area contributed by atoms with Crippen molar-refractivity contribution in [2.45, 2.75) is 26.2 Å². The summed E-state index contributed by atoms with van der Waals surface area (Å²) in [6, 6.07) is 30.1. The number of hydrogen-bond acceptors (Lipinski definition) is 4. The SMILES string of the molecule is COC(=O)CCC(=CCc1cccc(C)c1C(=O)Nc1cccc2cccnc12)c1ccc2ccccc2c1. The fourth-order valence-corrected chi connectivity index (χ4v) is 4.94. The van der Waals surface area contributed by atoms with Crippen LogP contribution in [0.3, 0.4) is 0 Å². The number of benzene rings is 4. The Morgan fingerprint density at radius 2 is 1.62 bits per heavy atom. The maximum atomic E-state index is 13.6. The molecule has 1 heterocycles. The minimum atomic E-state index is -0.249. The summed E-state index contributed by atoms with van der Waals surface area (Å²) in [5.74, 6) is -0.419. The van der Waals surface area contributed by atoms with Crippen molar-refractivity contribution < 1.29 is 14.3 Å². The molecule has 0 saturated carbocycles. The molecule has 0 aliphatic carbocycles. The predicted octanol–water partition coefficient (Wildman–Crippen LogP) is 7.53. The molecule has 194 valence electrons. The van der Waals surface area contributed by atoms with E-state index in [9.17, 15) is 9.59 Å². The number of nitrogens with zero attached hydrogens (tertiary/aromatic N) is 1. The molecular formula is C34H30N2O3. The molecule has 0 aliphatic rings. The number of aryl methyl sites for hydroxylation is 1. The highest BCUT2D eigenvalue weighted by Crippen LogP contribution is 2.27. The summed E-state index contributed by atoms with van der Waals surface area (Å²) >= 11 is 0. The first kappa shape index (κ1) is 25.9. The van der Waals surface area contributed by atoms with Gasteiger partial charge in [-0.2, -0.15) is 0 Å². The summed E-state index contributed by atoms with van der Waals surface area (Å²) in [6.07, 6.45) is 5.22. The number of methoxy groups -OCH3 is 1. The van der Waals surface area contributed by atoms with Crippen LogP contribution in [0, 0.1) is 6.92 Å². The van der Waals surface area contributed by atoms with E-state index in [0.29, 0.717) is 24.1 Å². The molecule has 1 amide bonds. The highest BCUT2D eigenvalue weighted by Gasteiger charge is 2.16. The highest BCUT2D eigenvalue weighted by atomic mass is 16.5. The number of rotatable bonds is 8. The smallest absolute Gasteiger partial charge is 0.305 e. The molecule has 0 aliphatic heterocycles. The number of fused-ring (bicyclic) bond motifs is 2. The number of ether oxygens (including phenoxy) is 1. The standard InChI is InChI=1S/C34H30N2O3/c1-23-8-5-11-26(32(23)34(38)36-30-14-6-12-27-13-7-21-35-33(27)30)17-15-25(19-20-31(37)39-2)29-18-16-24-9-3-4-10-28(24)22-29/h3-16,18,21-22H,17,19-20H2,1-2H3,(H,36,38). The normalized spacial score (nSPS) is 11.5. The van der Waals surface area contributed by atoms with Crippen molar-refractivity contribution in [3.05, 3.63) is 126 Å². The van der Waals surface area contributed by atoms with E-state index in [0.717, 1.165) is 43.9 Å². The van der Waals surface area contributed by atoms with E-state index in [1.54, 1.807) is 6.20 Å². The van der Waals surface area contributed by atoms with Crippen LogP contribution in [0.2, 0.25) is 0 Å². The maximum Gasteiger partial charge on any atom is 0.305 e. The Labute approximate surface area is 228 Å². The number of hydrogen-bond donors (Lipinski definition) is 1. The van der Waals surface area contributed by atoms with E-state index in [2.05, 4.69) is 46.7 Å². The van der Waals surface area contributed by atoms with E-state index in [1.807, 2.05) is 67.6 Å². The minimum Gasteiger partial charge on any atom is -0.469 e. The molecule has 0 spiro atoms. The molecule has 5 aromatic rings. The molecule has 5 rings (SSSR count). The summed E-state index contributed by atoms with van der Waals surface area (Å²) in [4.78, 5) is 30.0. The van der Waals surface area contributed by atoms with Gasteiger partial charge in [0, 0.05) is 23.6 Å². The van der Waals surface area contributed by atoms with E-state index >= 15 is 0 Å². The highest BCUT2D eigenvalue weighted by molar-refractivity contribution is 6.09.